The average molecular weight is 375 g/mol. The second kappa shape index (κ2) is 8.01. The van der Waals surface area contributed by atoms with Gasteiger partial charge in [0.25, 0.3) is 5.91 Å². The average Bonchev–Trinajstić information content (AvgIpc) is 3.13. The molecule has 0 atom stereocenters. The molecule has 1 aliphatic rings. The molecule has 0 spiro atoms. The van der Waals surface area contributed by atoms with E-state index in [9.17, 15) is 9.59 Å². The Hall–Kier alpha value is -2.87. The first-order chi connectivity index (χ1) is 12.6. The largest absolute Gasteiger partial charge is 0.496 e. The molecule has 0 unspecified atom stereocenters. The number of ether oxygens (including phenoxy) is 4. The van der Waals surface area contributed by atoms with Gasteiger partial charge in [-0.05, 0) is 36.6 Å². The molecule has 1 aliphatic heterocycles. The van der Waals surface area contributed by atoms with Crippen LogP contribution in [0.3, 0.4) is 0 Å². The third kappa shape index (κ3) is 4.02. The van der Waals surface area contributed by atoms with Crippen LogP contribution < -0.4 is 19.5 Å². The standard InChI is InChI=1S/C18H17NO6S/c1-22-15-8-12(26-2)4-5-13(15)18(21)23-9-17(20)19-11-3-6-14-16(7-11)25-10-24-14/h3-8H,9-10H2,1-2H3,(H,19,20). The highest BCUT2D eigenvalue weighted by Crippen LogP contribution is 2.34. The van der Waals surface area contributed by atoms with Crippen molar-refractivity contribution in [2.75, 3.05) is 32.1 Å². The first kappa shape index (κ1) is 17.9. The van der Waals surface area contributed by atoms with Crippen molar-refractivity contribution < 1.29 is 28.5 Å². The number of carbonyl (C=O) groups is 2. The Morgan fingerprint density at radius 2 is 1.96 bits per heavy atom. The maximum absolute atomic E-state index is 12.2. The van der Waals surface area contributed by atoms with Crippen molar-refractivity contribution in [1.29, 1.82) is 0 Å². The van der Waals surface area contributed by atoms with E-state index in [2.05, 4.69) is 5.32 Å². The zero-order chi connectivity index (χ0) is 18.5. The lowest BCUT2D eigenvalue weighted by Gasteiger charge is -2.10. The molecular weight excluding hydrogens is 358 g/mol. The summed E-state index contributed by atoms with van der Waals surface area (Å²) in [6.07, 6.45) is 1.92. The zero-order valence-corrected chi connectivity index (χ0v) is 15.1. The number of anilines is 1. The van der Waals surface area contributed by atoms with E-state index in [0.29, 0.717) is 22.9 Å². The molecule has 136 valence electrons. The first-order valence-electron chi connectivity index (χ1n) is 7.69. The molecule has 3 rings (SSSR count). The molecule has 1 N–H and O–H groups in total. The van der Waals surface area contributed by atoms with E-state index in [1.54, 1.807) is 36.4 Å². The Balaban J connectivity index is 1.58. The van der Waals surface area contributed by atoms with Gasteiger partial charge in [-0.1, -0.05) is 0 Å². The molecule has 0 fully saturated rings. The predicted octanol–water partition coefficient (Wildman–Crippen LogP) is 2.94. The molecule has 8 heteroatoms. The number of rotatable bonds is 6. The Bertz CT molecular complexity index is 838. The molecule has 0 bridgehead atoms. The number of amides is 1. The summed E-state index contributed by atoms with van der Waals surface area (Å²) in [7, 11) is 1.47. The van der Waals surface area contributed by atoms with Crippen LogP contribution in [0, 0.1) is 0 Å². The van der Waals surface area contributed by atoms with Gasteiger partial charge in [0.1, 0.15) is 11.3 Å². The van der Waals surface area contributed by atoms with Gasteiger partial charge in [0, 0.05) is 16.6 Å². The minimum absolute atomic E-state index is 0.154. The van der Waals surface area contributed by atoms with Gasteiger partial charge in [0.15, 0.2) is 18.1 Å². The summed E-state index contributed by atoms with van der Waals surface area (Å²) in [6.45, 7) is -0.262. The van der Waals surface area contributed by atoms with Crippen molar-refractivity contribution in [2.45, 2.75) is 4.90 Å². The van der Waals surface area contributed by atoms with Crippen LogP contribution in [0.5, 0.6) is 17.2 Å². The molecular formula is C18H17NO6S. The Kier molecular flexibility index (Phi) is 5.52. The third-order valence-electron chi connectivity index (χ3n) is 3.62. The maximum Gasteiger partial charge on any atom is 0.342 e. The van der Waals surface area contributed by atoms with Gasteiger partial charge in [0.05, 0.1) is 7.11 Å². The van der Waals surface area contributed by atoms with Crippen molar-refractivity contribution in [3.05, 3.63) is 42.0 Å². The molecule has 1 heterocycles. The van der Waals surface area contributed by atoms with Gasteiger partial charge < -0.3 is 24.3 Å². The SMILES string of the molecule is COc1cc(SC)ccc1C(=O)OCC(=O)Nc1ccc2c(c1)OCO2. The van der Waals surface area contributed by atoms with E-state index in [1.807, 2.05) is 6.26 Å². The lowest BCUT2D eigenvalue weighted by atomic mass is 10.2. The molecule has 7 nitrogen and oxygen atoms in total. The number of hydrogen-bond acceptors (Lipinski definition) is 7. The van der Waals surface area contributed by atoms with E-state index in [0.717, 1.165) is 4.90 Å². The van der Waals surface area contributed by atoms with E-state index >= 15 is 0 Å². The number of thioether (sulfide) groups is 1. The summed E-state index contributed by atoms with van der Waals surface area (Å²) in [5, 5.41) is 2.64. The normalized spacial score (nSPS) is 11.8. The number of fused-ring (bicyclic) bond motifs is 1. The highest BCUT2D eigenvalue weighted by molar-refractivity contribution is 7.98. The van der Waals surface area contributed by atoms with Crippen LogP contribution in [-0.2, 0) is 9.53 Å². The van der Waals surface area contributed by atoms with Crippen LogP contribution >= 0.6 is 11.8 Å². The molecule has 2 aromatic rings. The third-order valence-corrected chi connectivity index (χ3v) is 4.34. The lowest BCUT2D eigenvalue weighted by molar-refractivity contribution is -0.119. The number of nitrogens with one attached hydrogen (secondary N) is 1. The molecule has 0 aromatic heterocycles. The van der Waals surface area contributed by atoms with E-state index in [1.165, 1.54) is 18.9 Å². The Labute approximate surface area is 154 Å². The first-order valence-corrected chi connectivity index (χ1v) is 8.92. The minimum Gasteiger partial charge on any atom is -0.496 e. The quantitative estimate of drug-likeness (QED) is 0.614. The van der Waals surface area contributed by atoms with Gasteiger partial charge >= 0.3 is 5.97 Å². The van der Waals surface area contributed by atoms with Crippen LogP contribution in [0.2, 0.25) is 0 Å². The van der Waals surface area contributed by atoms with E-state index < -0.39 is 18.5 Å². The Morgan fingerprint density at radius 1 is 1.15 bits per heavy atom. The van der Waals surface area contributed by atoms with Gasteiger partial charge in [-0.3, -0.25) is 4.79 Å². The zero-order valence-electron chi connectivity index (χ0n) is 14.2. The van der Waals surface area contributed by atoms with Gasteiger partial charge in [-0.15, -0.1) is 11.8 Å². The summed E-state index contributed by atoms with van der Waals surface area (Å²) in [6, 6.07) is 10.2. The van der Waals surface area contributed by atoms with E-state index in [4.69, 9.17) is 18.9 Å². The molecule has 26 heavy (non-hydrogen) atoms. The minimum atomic E-state index is -0.629. The number of methoxy groups -OCH3 is 1. The van der Waals surface area contributed by atoms with Gasteiger partial charge in [-0.25, -0.2) is 4.79 Å². The summed E-state index contributed by atoms with van der Waals surface area (Å²) in [4.78, 5) is 25.2. The molecule has 0 saturated heterocycles. The van der Waals surface area contributed by atoms with Crippen molar-refractivity contribution in [3.8, 4) is 17.2 Å². The fraction of sp³-hybridized carbons (Fsp3) is 0.222. The fourth-order valence-corrected chi connectivity index (χ4v) is 2.78. The predicted molar refractivity (Wildman–Crippen MR) is 96.3 cm³/mol. The molecule has 2 aromatic carbocycles. The summed E-state index contributed by atoms with van der Waals surface area (Å²) in [5.41, 5.74) is 0.790. The topological polar surface area (TPSA) is 83.1 Å². The smallest absolute Gasteiger partial charge is 0.342 e. The highest BCUT2D eigenvalue weighted by Gasteiger charge is 2.17. The molecule has 0 radical (unpaired) electrons. The van der Waals surface area contributed by atoms with E-state index in [-0.39, 0.29) is 12.4 Å². The number of esters is 1. The number of benzene rings is 2. The Morgan fingerprint density at radius 3 is 2.73 bits per heavy atom. The van der Waals surface area contributed by atoms with Crippen LogP contribution in [0.1, 0.15) is 10.4 Å². The van der Waals surface area contributed by atoms with Crippen LogP contribution in [0.4, 0.5) is 5.69 Å². The van der Waals surface area contributed by atoms with Crippen molar-refractivity contribution in [3.63, 3.8) is 0 Å². The second-order valence-corrected chi connectivity index (χ2v) is 6.14. The van der Waals surface area contributed by atoms with Crippen LogP contribution in [0.15, 0.2) is 41.3 Å². The van der Waals surface area contributed by atoms with Gasteiger partial charge in [0.2, 0.25) is 6.79 Å². The summed E-state index contributed by atoms with van der Waals surface area (Å²) in [5.74, 6) is 0.485. The summed E-state index contributed by atoms with van der Waals surface area (Å²) < 4.78 is 20.7. The monoisotopic (exact) mass is 375 g/mol. The molecule has 1 amide bonds. The van der Waals surface area contributed by atoms with Crippen LogP contribution in [-0.4, -0.2) is 38.6 Å². The molecule has 0 saturated carbocycles. The van der Waals surface area contributed by atoms with Crippen molar-refractivity contribution in [1.82, 2.24) is 0 Å². The number of hydrogen-bond donors (Lipinski definition) is 1. The van der Waals surface area contributed by atoms with Crippen molar-refractivity contribution >= 4 is 29.3 Å². The van der Waals surface area contributed by atoms with Gasteiger partial charge in [-0.2, -0.15) is 0 Å². The second-order valence-electron chi connectivity index (χ2n) is 5.26. The van der Waals surface area contributed by atoms with Crippen molar-refractivity contribution in [2.24, 2.45) is 0 Å². The fourth-order valence-electron chi connectivity index (χ4n) is 2.35. The lowest BCUT2D eigenvalue weighted by Crippen LogP contribution is -2.21. The maximum atomic E-state index is 12.2. The summed E-state index contributed by atoms with van der Waals surface area (Å²) >= 11 is 1.53. The molecule has 0 aliphatic carbocycles. The highest BCUT2D eigenvalue weighted by atomic mass is 32.2. The van der Waals surface area contributed by atoms with Crippen LogP contribution in [0.25, 0.3) is 0 Å². The number of carbonyl (C=O) groups excluding carboxylic acids is 2.